The SMILES string of the molecule is Cc1cccc(OCC(=O)N2CCCN(c3cc(-c4ccc(Cl)cc4)[nH]n3)CC2)c1. The van der Waals surface area contributed by atoms with E-state index in [9.17, 15) is 4.79 Å². The van der Waals surface area contributed by atoms with Crippen LogP contribution in [0, 0.1) is 6.92 Å². The van der Waals surface area contributed by atoms with Gasteiger partial charge in [-0.2, -0.15) is 5.10 Å². The summed E-state index contributed by atoms with van der Waals surface area (Å²) in [4.78, 5) is 16.7. The zero-order chi connectivity index (χ0) is 20.9. The number of nitrogens with one attached hydrogen (secondary N) is 1. The van der Waals surface area contributed by atoms with Gasteiger partial charge < -0.3 is 14.5 Å². The smallest absolute Gasteiger partial charge is 0.260 e. The lowest BCUT2D eigenvalue weighted by molar-refractivity contribution is -0.133. The Kier molecular flexibility index (Phi) is 6.23. The molecule has 1 N–H and O–H groups in total. The molecule has 0 aliphatic carbocycles. The molecule has 30 heavy (non-hydrogen) atoms. The quantitative estimate of drug-likeness (QED) is 0.668. The Balaban J connectivity index is 1.33. The number of aromatic amines is 1. The Morgan fingerprint density at radius 3 is 2.73 bits per heavy atom. The maximum Gasteiger partial charge on any atom is 0.260 e. The zero-order valence-electron chi connectivity index (χ0n) is 17.0. The number of ether oxygens (including phenoxy) is 1. The van der Waals surface area contributed by atoms with Crippen molar-refractivity contribution in [1.82, 2.24) is 15.1 Å². The van der Waals surface area contributed by atoms with E-state index in [1.807, 2.05) is 66.4 Å². The molecule has 0 radical (unpaired) electrons. The van der Waals surface area contributed by atoms with Gasteiger partial charge in [-0.1, -0.05) is 35.9 Å². The van der Waals surface area contributed by atoms with E-state index in [0.717, 1.165) is 54.4 Å². The first-order valence-corrected chi connectivity index (χ1v) is 10.5. The second-order valence-corrected chi connectivity index (χ2v) is 7.91. The van der Waals surface area contributed by atoms with E-state index in [1.165, 1.54) is 0 Å². The fourth-order valence-electron chi connectivity index (χ4n) is 3.59. The van der Waals surface area contributed by atoms with Crippen molar-refractivity contribution in [1.29, 1.82) is 0 Å². The monoisotopic (exact) mass is 424 g/mol. The highest BCUT2D eigenvalue weighted by molar-refractivity contribution is 6.30. The number of hydrogen-bond acceptors (Lipinski definition) is 4. The number of H-pyrrole nitrogens is 1. The summed E-state index contributed by atoms with van der Waals surface area (Å²) in [5.74, 6) is 1.64. The van der Waals surface area contributed by atoms with E-state index in [2.05, 4.69) is 15.1 Å². The molecule has 0 spiro atoms. The molecule has 0 atom stereocenters. The predicted molar refractivity (Wildman–Crippen MR) is 119 cm³/mol. The number of amides is 1. The van der Waals surface area contributed by atoms with Gasteiger partial charge in [0.15, 0.2) is 12.4 Å². The Hall–Kier alpha value is -2.99. The first-order chi connectivity index (χ1) is 14.6. The third-order valence-corrected chi connectivity index (χ3v) is 5.50. The number of carbonyl (C=O) groups excluding carboxylic acids is 1. The minimum Gasteiger partial charge on any atom is -0.484 e. The number of rotatable bonds is 5. The summed E-state index contributed by atoms with van der Waals surface area (Å²) < 4.78 is 5.68. The molecule has 1 aromatic heterocycles. The molecule has 1 aliphatic heterocycles. The lowest BCUT2D eigenvalue weighted by Crippen LogP contribution is -2.38. The van der Waals surface area contributed by atoms with Gasteiger partial charge in [0, 0.05) is 37.3 Å². The second kappa shape index (κ2) is 9.22. The van der Waals surface area contributed by atoms with Crippen molar-refractivity contribution < 1.29 is 9.53 Å². The van der Waals surface area contributed by atoms with Gasteiger partial charge in [0.25, 0.3) is 5.91 Å². The molecule has 0 unspecified atom stereocenters. The van der Waals surface area contributed by atoms with Crippen LogP contribution in [0.3, 0.4) is 0 Å². The topological polar surface area (TPSA) is 61.5 Å². The highest BCUT2D eigenvalue weighted by atomic mass is 35.5. The lowest BCUT2D eigenvalue weighted by Gasteiger charge is -2.22. The number of aromatic nitrogens is 2. The average Bonchev–Trinajstić information content (AvgIpc) is 3.10. The van der Waals surface area contributed by atoms with Gasteiger partial charge in [-0.3, -0.25) is 9.89 Å². The lowest BCUT2D eigenvalue weighted by atomic mass is 10.1. The van der Waals surface area contributed by atoms with Crippen molar-refractivity contribution in [2.45, 2.75) is 13.3 Å². The second-order valence-electron chi connectivity index (χ2n) is 7.47. The summed E-state index contributed by atoms with van der Waals surface area (Å²) in [5, 5.41) is 8.29. The van der Waals surface area contributed by atoms with Crippen LogP contribution in [0.15, 0.2) is 54.6 Å². The van der Waals surface area contributed by atoms with Crippen molar-refractivity contribution in [3.05, 3.63) is 65.2 Å². The minimum absolute atomic E-state index is 0.0160. The van der Waals surface area contributed by atoms with E-state index >= 15 is 0 Å². The van der Waals surface area contributed by atoms with Gasteiger partial charge in [0.05, 0.1) is 5.69 Å². The molecule has 2 aromatic carbocycles. The normalized spacial score (nSPS) is 14.5. The van der Waals surface area contributed by atoms with Gasteiger partial charge in [-0.05, 0) is 48.7 Å². The molecule has 4 rings (SSSR count). The van der Waals surface area contributed by atoms with Gasteiger partial charge in [0.2, 0.25) is 0 Å². The van der Waals surface area contributed by atoms with Crippen LogP contribution in [0.4, 0.5) is 5.82 Å². The van der Waals surface area contributed by atoms with Crippen molar-refractivity contribution in [2.24, 2.45) is 0 Å². The van der Waals surface area contributed by atoms with Crippen molar-refractivity contribution in [3.8, 4) is 17.0 Å². The standard InChI is InChI=1S/C23H25ClN4O2/c1-17-4-2-5-20(14-17)30-16-23(29)28-11-3-10-27(12-13-28)22-15-21(25-26-22)18-6-8-19(24)9-7-18/h2,4-9,14-15H,3,10-13,16H2,1H3,(H,25,26). The number of hydrogen-bond donors (Lipinski definition) is 1. The van der Waals surface area contributed by atoms with Crippen LogP contribution in [0.1, 0.15) is 12.0 Å². The van der Waals surface area contributed by atoms with E-state index < -0.39 is 0 Å². The van der Waals surface area contributed by atoms with E-state index in [4.69, 9.17) is 16.3 Å². The number of anilines is 1. The number of benzene rings is 2. The third-order valence-electron chi connectivity index (χ3n) is 5.24. The van der Waals surface area contributed by atoms with E-state index in [-0.39, 0.29) is 12.5 Å². The van der Waals surface area contributed by atoms with Gasteiger partial charge in [-0.25, -0.2) is 0 Å². The molecule has 1 saturated heterocycles. The molecule has 156 valence electrons. The molecule has 2 heterocycles. The number of nitrogens with zero attached hydrogens (tertiary/aromatic N) is 3. The summed E-state index contributed by atoms with van der Waals surface area (Å²) in [6.07, 6.45) is 0.888. The first kappa shape index (κ1) is 20.3. The Bertz CT molecular complexity index is 1000. The molecule has 1 fully saturated rings. The molecule has 7 heteroatoms. The Morgan fingerprint density at radius 2 is 1.93 bits per heavy atom. The van der Waals surface area contributed by atoms with Crippen molar-refractivity contribution in [2.75, 3.05) is 37.7 Å². The van der Waals surface area contributed by atoms with Crippen molar-refractivity contribution in [3.63, 3.8) is 0 Å². The maximum absolute atomic E-state index is 12.6. The molecule has 1 amide bonds. The van der Waals surface area contributed by atoms with E-state index in [1.54, 1.807) is 0 Å². The minimum atomic E-state index is 0.0160. The molecule has 0 bridgehead atoms. The number of carbonyl (C=O) groups is 1. The third kappa shape index (κ3) is 4.94. The molecular weight excluding hydrogens is 400 g/mol. The highest BCUT2D eigenvalue weighted by Crippen LogP contribution is 2.24. The first-order valence-electron chi connectivity index (χ1n) is 10.1. The maximum atomic E-state index is 12.6. The van der Waals surface area contributed by atoms with Crippen molar-refractivity contribution >= 4 is 23.3 Å². The van der Waals surface area contributed by atoms with Crippen LogP contribution in [0.2, 0.25) is 5.02 Å². The van der Waals surface area contributed by atoms with Gasteiger partial charge >= 0.3 is 0 Å². The van der Waals surface area contributed by atoms with Gasteiger partial charge in [0.1, 0.15) is 5.75 Å². The number of aryl methyl sites for hydroxylation is 1. The molecule has 6 nitrogen and oxygen atoms in total. The predicted octanol–water partition coefficient (Wildman–Crippen LogP) is 4.16. The molecule has 3 aromatic rings. The zero-order valence-corrected chi connectivity index (χ0v) is 17.7. The van der Waals surface area contributed by atoms with Gasteiger partial charge in [-0.15, -0.1) is 0 Å². The molecule has 1 aliphatic rings. The molecular formula is C23H25ClN4O2. The summed E-state index contributed by atoms with van der Waals surface area (Å²) in [5.41, 5.74) is 3.10. The Morgan fingerprint density at radius 1 is 1.10 bits per heavy atom. The van der Waals surface area contributed by atoms with Crippen LogP contribution in [0.5, 0.6) is 5.75 Å². The fourth-order valence-corrected chi connectivity index (χ4v) is 3.71. The largest absolute Gasteiger partial charge is 0.484 e. The summed E-state index contributed by atoms with van der Waals surface area (Å²) in [7, 11) is 0. The van der Waals surface area contributed by atoms with E-state index in [0.29, 0.717) is 11.6 Å². The van der Waals surface area contributed by atoms with Crippen LogP contribution < -0.4 is 9.64 Å². The van der Waals surface area contributed by atoms with Crippen LogP contribution in [-0.4, -0.2) is 53.8 Å². The summed E-state index contributed by atoms with van der Waals surface area (Å²) >= 11 is 5.97. The summed E-state index contributed by atoms with van der Waals surface area (Å²) in [6, 6.07) is 17.5. The summed E-state index contributed by atoms with van der Waals surface area (Å²) in [6.45, 7) is 5.03. The Labute approximate surface area is 181 Å². The molecule has 0 saturated carbocycles. The van der Waals surface area contributed by atoms with Crippen LogP contribution >= 0.6 is 11.6 Å². The highest BCUT2D eigenvalue weighted by Gasteiger charge is 2.21. The fraction of sp³-hybridized carbons (Fsp3) is 0.304. The number of halogens is 1. The van der Waals surface area contributed by atoms with Crippen LogP contribution in [-0.2, 0) is 4.79 Å². The average molecular weight is 425 g/mol. The van der Waals surface area contributed by atoms with Crippen LogP contribution in [0.25, 0.3) is 11.3 Å².